The van der Waals surface area contributed by atoms with Crippen LogP contribution in [0.15, 0.2) is 53.3 Å². The molecule has 104 valence electrons. The number of aromatic amines is 1. The largest absolute Gasteiger partial charge is 0.331 e. The maximum atomic E-state index is 12.6. The Bertz CT molecular complexity index is 970. The molecule has 1 heterocycles. The first-order valence-corrected chi connectivity index (χ1v) is 6.84. The van der Waals surface area contributed by atoms with Crippen LogP contribution in [-0.4, -0.2) is 15.3 Å². The van der Waals surface area contributed by atoms with Crippen LogP contribution in [0.4, 0.5) is 0 Å². The van der Waals surface area contributed by atoms with Gasteiger partial charge < -0.3 is 4.98 Å². The van der Waals surface area contributed by atoms with Crippen molar-refractivity contribution in [2.24, 2.45) is 0 Å². The van der Waals surface area contributed by atoms with E-state index in [-0.39, 0.29) is 11.3 Å². The van der Waals surface area contributed by atoms with E-state index in [2.05, 4.69) is 4.98 Å². The van der Waals surface area contributed by atoms with Gasteiger partial charge in [-0.3, -0.25) is 14.2 Å². The van der Waals surface area contributed by atoms with Crippen molar-refractivity contribution in [2.75, 3.05) is 0 Å². The summed E-state index contributed by atoms with van der Waals surface area (Å²) in [4.78, 5) is 27.2. The molecule has 3 rings (SSSR count). The van der Waals surface area contributed by atoms with E-state index in [9.17, 15) is 9.59 Å². The Morgan fingerprint density at radius 1 is 1.14 bits per heavy atom. The number of nitrogens with zero attached hydrogens (tertiary/aromatic N) is 1. The number of hydrogen-bond acceptors (Lipinski definition) is 3. The number of benzene rings is 2. The van der Waals surface area contributed by atoms with Gasteiger partial charge in [0.05, 0.1) is 16.6 Å². The van der Waals surface area contributed by atoms with Crippen LogP contribution in [0.2, 0.25) is 0 Å². The van der Waals surface area contributed by atoms with Gasteiger partial charge in [-0.1, -0.05) is 24.3 Å². The number of H-pyrrole nitrogens is 1. The van der Waals surface area contributed by atoms with Crippen molar-refractivity contribution in [2.45, 2.75) is 6.92 Å². The number of carbonyl (C=O) groups excluding carboxylic acids is 1. The molecule has 0 bridgehead atoms. The third-order valence-electron chi connectivity index (χ3n) is 3.32. The van der Waals surface area contributed by atoms with Crippen molar-refractivity contribution in [3.63, 3.8) is 0 Å². The van der Waals surface area contributed by atoms with Gasteiger partial charge in [0, 0.05) is 5.56 Å². The summed E-state index contributed by atoms with van der Waals surface area (Å²) in [7, 11) is 0. The van der Waals surface area contributed by atoms with Crippen LogP contribution in [0.25, 0.3) is 16.6 Å². The summed E-state index contributed by atoms with van der Waals surface area (Å²) in [5.41, 5.74) is 1.63. The van der Waals surface area contributed by atoms with Gasteiger partial charge in [0.25, 0.3) is 5.56 Å². The van der Waals surface area contributed by atoms with Crippen molar-refractivity contribution in [1.29, 1.82) is 0 Å². The molecule has 0 unspecified atom stereocenters. The highest BCUT2D eigenvalue weighted by molar-refractivity contribution is 7.71. The maximum absolute atomic E-state index is 12.6. The van der Waals surface area contributed by atoms with Gasteiger partial charge in [0.2, 0.25) is 0 Å². The zero-order chi connectivity index (χ0) is 15.0. The number of para-hydroxylation sites is 1. The summed E-state index contributed by atoms with van der Waals surface area (Å²) in [5.74, 6) is -0.0550. The zero-order valence-corrected chi connectivity index (χ0v) is 12.1. The summed E-state index contributed by atoms with van der Waals surface area (Å²) in [6.45, 7) is 1.49. The smallest absolute Gasteiger partial charge is 0.266 e. The van der Waals surface area contributed by atoms with E-state index < -0.39 is 0 Å². The summed E-state index contributed by atoms with van der Waals surface area (Å²) in [6, 6.07) is 14.1. The average molecular weight is 296 g/mol. The SMILES string of the molecule is CC(=O)c1cccc(-n2c(=S)[nH]c3ccccc3c2=O)c1. The molecule has 5 heteroatoms. The van der Waals surface area contributed by atoms with Gasteiger partial charge in [-0.25, -0.2) is 0 Å². The predicted octanol–water partition coefficient (Wildman–Crippen LogP) is 3.25. The fraction of sp³-hybridized carbons (Fsp3) is 0.0625. The molecule has 0 amide bonds. The lowest BCUT2D eigenvalue weighted by atomic mass is 10.1. The minimum Gasteiger partial charge on any atom is -0.331 e. The fourth-order valence-electron chi connectivity index (χ4n) is 2.26. The molecule has 0 radical (unpaired) electrons. The zero-order valence-electron chi connectivity index (χ0n) is 11.3. The van der Waals surface area contributed by atoms with E-state index >= 15 is 0 Å². The van der Waals surface area contributed by atoms with E-state index in [4.69, 9.17) is 12.2 Å². The lowest BCUT2D eigenvalue weighted by molar-refractivity contribution is 0.101. The highest BCUT2D eigenvalue weighted by atomic mass is 32.1. The molecular weight excluding hydrogens is 284 g/mol. The molecule has 0 aliphatic rings. The number of hydrogen-bond donors (Lipinski definition) is 1. The Morgan fingerprint density at radius 2 is 1.90 bits per heavy atom. The van der Waals surface area contributed by atoms with E-state index in [1.165, 1.54) is 11.5 Å². The van der Waals surface area contributed by atoms with Gasteiger partial charge in [-0.15, -0.1) is 0 Å². The van der Waals surface area contributed by atoms with Crippen LogP contribution < -0.4 is 5.56 Å². The standard InChI is InChI=1S/C16H12N2O2S/c1-10(19)11-5-4-6-12(9-11)18-15(20)13-7-2-3-8-14(13)17-16(18)21/h2-9H,1H3,(H,17,21). The molecule has 0 aliphatic carbocycles. The third kappa shape index (κ3) is 2.32. The molecule has 4 nitrogen and oxygen atoms in total. The van der Waals surface area contributed by atoms with Gasteiger partial charge in [0.1, 0.15) is 0 Å². The minimum atomic E-state index is -0.199. The number of Topliss-reactive ketones (excluding diaryl/α,β-unsaturated/α-hetero) is 1. The molecule has 1 aromatic heterocycles. The molecule has 0 aliphatic heterocycles. The highest BCUT2D eigenvalue weighted by Crippen LogP contribution is 2.13. The van der Waals surface area contributed by atoms with Gasteiger partial charge in [-0.05, 0) is 43.4 Å². The first kappa shape index (κ1) is 13.5. The predicted molar refractivity (Wildman–Crippen MR) is 84.7 cm³/mol. The Labute approximate surface area is 125 Å². The molecule has 2 aromatic carbocycles. The second-order valence-electron chi connectivity index (χ2n) is 4.72. The van der Waals surface area contributed by atoms with E-state index in [1.54, 1.807) is 36.4 Å². The van der Waals surface area contributed by atoms with E-state index in [0.717, 1.165) is 0 Å². The quantitative estimate of drug-likeness (QED) is 0.583. The number of nitrogens with one attached hydrogen (secondary N) is 1. The molecule has 3 aromatic rings. The van der Waals surface area contributed by atoms with E-state index in [0.29, 0.717) is 26.9 Å². The highest BCUT2D eigenvalue weighted by Gasteiger charge is 2.08. The molecular formula is C16H12N2O2S. The molecule has 1 N–H and O–H groups in total. The monoisotopic (exact) mass is 296 g/mol. The van der Waals surface area contributed by atoms with Crippen molar-refractivity contribution < 1.29 is 4.79 Å². The summed E-state index contributed by atoms with van der Waals surface area (Å²) in [5, 5.41) is 0.555. The molecule has 0 saturated heterocycles. The minimum absolute atomic E-state index is 0.0550. The van der Waals surface area contributed by atoms with Crippen LogP contribution in [0.5, 0.6) is 0 Å². The van der Waals surface area contributed by atoms with Crippen molar-refractivity contribution in [3.05, 3.63) is 69.2 Å². The normalized spacial score (nSPS) is 10.7. The second-order valence-corrected chi connectivity index (χ2v) is 5.11. The molecule has 0 atom stereocenters. The molecule has 21 heavy (non-hydrogen) atoms. The van der Waals surface area contributed by atoms with Crippen LogP contribution in [0.1, 0.15) is 17.3 Å². The summed E-state index contributed by atoms with van der Waals surface area (Å²) in [6.07, 6.45) is 0. The number of carbonyl (C=O) groups is 1. The third-order valence-corrected chi connectivity index (χ3v) is 3.60. The van der Waals surface area contributed by atoms with Gasteiger partial charge >= 0.3 is 0 Å². The number of rotatable bonds is 2. The number of fused-ring (bicyclic) bond motifs is 1. The Morgan fingerprint density at radius 3 is 2.67 bits per heavy atom. The van der Waals surface area contributed by atoms with Crippen molar-refractivity contribution >= 4 is 28.9 Å². The number of aromatic nitrogens is 2. The van der Waals surface area contributed by atoms with E-state index in [1.807, 2.05) is 12.1 Å². The first-order valence-electron chi connectivity index (χ1n) is 6.43. The Kier molecular flexibility index (Phi) is 3.27. The summed E-state index contributed by atoms with van der Waals surface area (Å²) < 4.78 is 1.71. The maximum Gasteiger partial charge on any atom is 0.266 e. The van der Waals surface area contributed by atoms with Crippen LogP contribution in [0, 0.1) is 4.77 Å². The Hall–Kier alpha value is -2.53. The molecule has 0 saturated carbocycles. The van der Waals surface area contributed by atoms with Crippen LogP contribution in [-0.2, 0) is 0 Å². The van der Waals surface area contributed by atoms with Gasteiger partial charge in [0.15, 0.2) is 10.6 Å². The second kappa shape index (κ2) is 5.10. The lowest BCUT2D eigenvalue weighted by Gasteiger charge is -2.09. The van der Waals surface area contributed by atoms with Crippen LogP contribution >= 0.6 is 12.2 Å². The lowest BCUT2D eigenvalue weighted by Crippen LogP contribution is -2.20. The average Bonchev–Trinajstić information content (AvgIpc) is 2.47. The van der Waals surface area contributed by atoms with Gasteiger partial charge in [-0.2, -0.15) is 0 Å². The fourth-order valence-corrected chi connectivity index (χ4v) is 2.56. The number of ketones is 1. The van der Waals surface area contributed by atoms with Crippen molar-refractivity contribution in [1.82, 2.24) is 9.55 Å². The molecule has 0 fully saturated rings. The van der Waals surface area contributed by atoms with Crippen LogP contribution in [0.3, 0.4) is 0 Å². The Balaban J connectivity index is 2.35. The summed E-state index contributed by atoms with van der Waals surface area (Å²) >= 11 is 5.28. The first-order chi connectivity index (χ1) is 10.1. The van der Waals surface area contributed by atoms with Crippen molar-refractivity contribution in [3.8, 4) is 5.69 Å². The topological polar surface area (TPSA) is 54.9 Å². The molecule has 0 spiro atoms.